The molecule has 1 fully saturated rings. The standard InChI is InChI=1S/C42H80NO8P/c1-6-8-10-11-12-13-14-15-16-17-20-23-26-30-35-47-39(38-50-52(45,46)49-36-34-43(3,4)5)37-48-42(44)33-29-25-22-19-18-21-24-28-32-41-40(51-41)31-27-9-7-2/h24,28,30,35,39-41H,6-23,25-27,29,31-34,36-38H2,1-5H3/p+1/b28-24-,35-30+/t39-,40?,41?/m1/s1. The van der Waals surface area contributed by atoms with Crippen LogP contribution in [0.5, 0.6) is 0 Å². The van der Waals surface area contributed by atoms with E-state index in [1.807, 2.05) is 27.2 Å². The number of unbranched alkanes of at least 4 members (excludes halogenated alkanes) is 19. The lowest BCUT2D eigenvalue weighted by molar-refractivity contribution is -0.870. The zero-order valence-electron chi connectivity index (χ0n) is 34.2. The van der Waals surface area contributed by atoms with Crippen molar-refractivity contribution in [2.45, 2.75) is 193 Å². The van der Waals surface area contributed by atoms with Gasteiger partial charge in [0.15, 0.2) is 6.10 Å². The highest BCUT2D eigenvalue weighted by Crippen LogP contribution is 2.43. The Morgan fingerprint density at radius 2 is 1.27 bits per heavy atom. The molecule has 52 heavy (non-hydrogen) atoms. The molecule has 1 rings (SSSR count). The molecule has 4 atom stereocenters. The van der Waals surface area contributed by atoms with Crippen LogP contribution in [0.25, 0.3) is 0 Å². The molecule has 0 aromatic heterocycles. The van der Waals surface area contributed by atoms with Crippen molar-refractivity contribution in [2.75, 3.05) is 47.5 Å². The minimum absolute atomic E-state index is 0.0572. The van der Waals surface area contributed by atoms with E-state index in [2.05, 4.69) is 26.0 Å². The molecule has 0 spiro atoms. The number of hydrogen-bond donors (Lipinski definition) is 1. The number of phosphoric ester groups is 1. The number of ether oxygens (including phenoxy) is 3. The van der Waals surface area contributed by atoms with Crippen molar-refractivity contribution in [1.29, 1.82) is 0 Å². The first-order valence-electron chi connectivity index (χ1n) is 21.2. The Hall–Kier alpha value is -1.22. The van der Waals surface area contributed by atoms with Gasteiger partial charge in [0.05, 0.1) is 46.2 Å². The van der Waals surface area contributed by atoms with Crippen molar-refractivity contribution in [2.24, 2.45) is 0 Å². The van der Waals surface area contributed by atoms with Crippen molar-refractivity contribution in [3.63, 3.8) is 0 Å². The monoisotopic (exact) mass is 759 g/mol. The third-order valence-electron chi connectivity index (χ3n) is 9.53. The van der Waals surface area contributed by atoms with E-state index in [4.69, 9.17) is 23.3 Å². The molecule has 0 saturated carbocycles. The van der Waals surface area contributed by atoms with Gasteiger partial charge in [0.2, 0.25) is 0 Å². The average molecular weight is 759 g/mol. The fraction of sp³-hybridized carbons (Fsp3) is 0.881. The molecule has 1 aliphatic rings. The zero-order chi connectivity index (χ0) is 38.2. The molecule has 0 amide bonds. The fourth-order valence-electron chi connectivity index (χ4n) is 6.01. The molecular weight excluding hydrogens is 677 g/mol. The van der Waals surface area contributed by atoms with Gasteiger partial charge in [-0.15, -0.1) is 0 Å². The molecule has 10 heteroatoms. The summed E-state index contributed by atoms with van der Waals surface area (Å²) in [5.74, 6) is -0.293. The van der Waals surface area contributed by atoms with E-state index in [0.717, 1.165) is 57.8 Å². The summed E-state index contributed by atoms with van der Waals surface area (Å²) in [6.07, 6.45) is 37.6. The topological polar surface area (TPSA) is 104 Å². The normalized spacial score (nSPS) is 17.9. The number of phosphoric acid groups is 1. The number of rotatable bonds is 38. The van der Waals surface area contributed by atoms with Crippen LogP contribution in [0.2, 0.25) is 0 Å². The lowest BCUT2D eigenvalue weighted by Crippen LogP contribution is -2.37. The predicted molar refractivity (Wildman–Crippen MR) is 214 cm³/mol. The van der Waals surface area contributed by atoms with Crippen molar-refractivity contribution in [1.82, 2.24) is 0 Å². The number of allylic oxidation sites excluding steroid dienone is 2. The molecule has 0 aliphatic carbocycles. The predicted octanol–water partition coefficient (Wildman–Crippen LogP) is 11.4. The maximum absolute atomic E-state index is 12.5. The Balaban J connectivity index is 2.25. The smallest absolute Gasteiger partial charge is 0.472 e. The molecular formula is C42H81NO8P+. The van der Waals surface area contributed by atoms with E-state index in [1.54, 1.807) is 6.26 Å². The molecule has 3 unspecified atom stereocenters. The quantitative estimate of drug-likeness (QED) is 0.0126. The highest BCUT2D eigenvalue weighted by Gasteiger charge is 2.36. The van der Waals surface area contributed by atoms with Gasteiger partial charge in [0, 0.05) is 6.42 Å². The summed E-state index contributed by atoms with van der Waals surface area (Å²) in [5, 5.41) is 0. The number of nitrogens with zero attached hydrogens (tertiary/aromatic N) is 1. The number of carbonyl (C=O) groups excluding carboxylic acids is 1. The summed E-state index contributed by atoms with van der Waals surface area (Å²) < 4.78 is 40.5. The number of epoxide rings is 1. The van der Waals surface area contributed by atoms with Gasteiger partial charge in [0.25, 0.3) is 0 Å². The van der Waals surface area contributed by atoms with Crippen LogP contribution in [0.4, 0.5) is 0 Å². The van der Waals surface area contributed by atoms with Crippen LogP contribution >= 0.6 is 7.82 Å². The van der Waals surface area contributed by atoms with Crippen LogP contribution in [-0.2, 0) is 32.6 Å². The van der Waals surface area contributed by atoms with Crippen LogP contribution in [0, 0.1) is 0 Å². The number of esters is 1. The van der Waals surface area contributed by atoms with E-state index >= 15 is 0 Å². The third kappa shape index (κ3) is 32.2. The lowest BCUT2D eigenvalue weighted by atomic mass is 10.0. The summed E-state index contributed by atoms with van der Waals surface area (Å²) >= 11 is 0. The Labute approximate surface area is 319 Å². The van der Waals surface area contributed by atoms with Gasteiger partial charge in [-0.3, -0.25) is 13.8 Å². The molecule has 1 heterocycles. The largest absolute Gasteiger partial charge is 0.492 e. The van der Waals surface area contributed by atoms with E-state index in [1.165, 1.54) is 96.3 Å². The Morgan fingerprint density at radius 1 is 0.712 bits per heavy atom. The molecule has 0 aromatic carbocycles. The van der Waals surface area contributed by atoms with Gasteiger partial charge in [-0.2, -0.15) is 0 Å². The number of hydrogen-bond acceptors (Lipinski definition) is 7. The molecule has 0 radical (unpaired) electrons. The molecule has 1 aliphatic heterocycles. The van der Waals surface area contributed by atoms with Crippen LogP contribution in [-0.4, -0.2) is 81.2 Å². The second kappa shape index (κ2) is 32.1. The van der Waals surface area contributed by atoms with Crippen LogP contribution in [0.15, 0.2) is 24.5 Å². The first kappa shape index (κ1) is 48.8. The molecule has 0 bridgehead atoms. The zero-order valence-corrected chi connectivity index (χ0v) is 35.1. The Kier molecular flexibility index (Phi) is 30.1. The van der Waals surface area contributed by atoms with Gasteiger partial charge in [-0.05, 0) is 51.0 Å². The highest BCUT2D eigenvalue weighted by atomic mass is 31.2. The van der Waals surface area contributed by atoms with Gasteiger partial charge in [-0.25, -0.2) is 4.57 Å². The number of quaternary nitrogens is 1. The van der Waals surface area contributed by atoms with Gasteiger partial charge in [-0.1, -0.05) is 135 Å². The fourth-order valence-corrected chi connectivity index (χ4v) is 6.75. The second-order valence-corrected chi connectivity index (χ2v) is 17.3. The molecule has 306 valence electrons. The van der Waals surface area contributed by atoms with Crippen molar-refractivity contribution in [3.05, 3.63) is 24.5 Å². The summed E-state index contributed by atoms with van der Waals surface area (Å²) in [7, 11) is 1.66. The SMILES string of the molecule is CCCCCCCCCCCCCC/C=C/O[C@H](COC(=O)CCCCCCC/C=C\CC1OC1CCCCC)COP(=O)(O)OCC[N+](C)(C)C. The van der Waals surface area contributed by atoms with Crippen LogP contribution in [0.3, 0.4) is 0 Å². The second-order valence-electron chi connectivity index (χ2n) is 15.8. The molecule has 1 saturated heterocycles. The maximum atomic E-state index is 12.5. The van der Waals surface area contributed by atoms with Gasteiger partial charge in [0.1, 0.15) is 19.8 Å². The first-order valence-corrected chi connectivity index (χ1v) is 22.7. The summed E-state index contributed by atoms with van der Waals surface area (Å²) in [4.78, 5) is 22.6. The van der Waals surface area contributed by atoms with Crippen LogP contribution < -0.4 is 0 Å². The van der Waals surface area contributed by atoms with E-state index < -0.39 is 13.9 Å². The lowest BCUT2D eigenvalue weighted by Gasteiger charge is -2.24. The number of carbonyl (C=O) groups is 1. The Morgan fingerprint density at radius 3 is 1.88 bits per heavy atom. The van der Waals surface area contributed by atoms with E-state index in [9.17, 15) is 14.3 Å². The maximum Gasteiger partial charge on any atom is 0.472 e. The van der Waals surface area contributed by atoms with E-state index in [0.29, 0.717) is 29.7 Å². The van der Waals surface area contributed by atoms with Crippen molar-refractivity contribution >= 4 is 13.8 Å². The molecule has 1 N–H and O–H groups in total. The van der Waals surface area contributed by atoms with Gasteiger partial charge >= 0.3 is 13.8 Å². The summed E-state index contributed by atoms with van der Waals surface area (Å²) in [6.45, 7) is 4.86. The van der Waals surface area contributed by atoms with Crippen molar-refractivity contribution in [3.8, 4) is 0 Å². The average Bonchev–Trinajstić information content (AvgIpc) is 3.85. The van der Waals surface area contributed by atoms with Gasteiger partial charge < -0.3 is 23.6 Å². The van der Waals surface area contributed by atoms with Crippen LogP contribution in [0.1, 0.15) is 174 Å². The van der Waals surface area contributed by atoms with E-state index in [-0.39, 0.29) is 25.8 Å². The summed E-state index contributed by atoms with van der Waals surface area (Å²) in [6, 6.07) is 0. The minimum atomic E-state index is -4.27. The first-order chi connectivity index (χ1) is 25.1. The highest BCUT2D eigenvalue weighted by molar-refractivity contribution is 7.47. The minimum Gasteiger partial charge on any atom is -0.492 e. The Bertz CT molecular complexity index is 953. The number of likely N-dealkylation sites (N-methyl/N-ethyl adjacent to an activating group) is 1. The van der Waals surface area contributed by atoms with Crippen molar-refractivity contribution < 1.29 is 42.0 Å². The molecule has 9 nitrogen and oxygen atoms in total. The molecule has 0 aromatic rings. The summed E-state index contributed by atoms with van der Waals surface area (Å²) in [5.41, 5.74) is 0. The third-order valence-corrected chi connectivity index (χ3v) is 10.5.